The predicted octanol–water partition coefficient (Wildman–Crippen LogP) is 1.98. The van der Waals surface area contributed by atoms with E-state index in [4.69, 9.17) is 21.1 Å². The number of nitrogens with zero attached hydrogens (tertiary/aromatic N) is 3. The van der Waals surface area contributed by atoms with E-state index in [1.165, 1.54) is 0 Å². The standard InChI is InChI=1S/C26H39N5O4/c1-18-5-6-21(16-29-18)20-7-9-23(10-8-20)34-14-4-12-31(28)17-22(27)11-13-30(3)24-15-19(2)35-26(33)25(24)32/h5-10,16-17,19,24-26,32-33H,4,11-15,27-28H2,1-3H3/b22-17-/t19-,24+,25-,26-/m1/s1. The Hall–Kier alpha value is -2.69. The van der Waals surface area contributed by atoms with Gasteiger partial charge in [0.2, 0.25) is 0 Å². The summed E-state index contributed by atoms with van der Waals surface area (Å²) < 4.78 is 11.1. The molecule has 0 spiro atoms. The van der Waals surface area contributed by atoms with Crippen molar-refractivity contribution < 1.29 is 19.7 Å². The van der Waals surface area contributed by atoms with Crippen LogP contribution in [0.15, 0.2) is 54.5 Å². The van der Waals surface area contributed by atoms with Gasteiger partial charge in [-0.15, -0.1) is 0 Å². The SMILES string of the molecule is Cc1ccc(-c2ccc(OCCCN(N)/C=C(\N)CCN(C)[C@H]3C[C@@H](C)O[C@@H](O)[C@@H]3O)cc2)cn1. The molecule has 192 valence electrons. The van der Waals surface area contributed by atoms with Gasteiger partial charge in [-0.05, 0) is 51.1 Å². The molecule has 35 heavy (non-hydrogen) atoms. The first kappa shape index (κ1) is 26.9. The average Bonchev–Trinajstić information content (AvgIpc) is 2.83. The van der Waals surface area contributed by atoms with Crippen molar-refractivity contribution in [2.24, 2.45) is 11.6 Å². The summed E-state index contributed by atoms with van der Waals surface area (Å²) in [7, 11) is 1.91. The minimum atomic E-state index is -1.16. The largest absolute Gasteiger partial charge is 0.494 e. The van der Waals surface area contributed by atoms with Gasteiger partial charge in [0, 0.05) is 61.3 Å². The van der Waals surface area contributed by atoms with Gasteiger partial charge >= 0.3 is 0 Å². The smallest absolute Gasteiger partial charge is 0.182 e. The van der Waals surface area contributed by atoms with Crippen molar-refractivity contribution in [3.05, 3.63) is 60.2 Å². The zero-order valence-electron chi connectivity index (χ0n) is 20.9. The highest BCUT2D eigenvalue weighted by Crippen LogP contribution is 2.23. The maximum Gasteiger partial charge on any atom is 0.182 e. The lowest BCUT2D eigenvalue weighted by Crippen LogP contribution is -2.54. The number of hydrazine groups is 1. The van der Waals surface area contributed by atoms with E-state index < -0.39 is 12.4 Å². The van der Waals surface area contributed by atoms with Gasteiger partial charge in [0.05, 0.1) is 12.7 Å². The number of aliphatic hydroxyl groups excluding tert-OH is 2. The van der Waals surface area contributed by atoms with E-state index in [0.29, 0.717) is 38.2 Å². The molecule has 2 aromatic rings. The second kappa shape index (κ2) is 12.9. The van der Waals surface area contributed by atoms with E-state index >= 15 is 0 Å². The van der Waals surface area contributed by atoms with Gasteiger partial charge in [0.1, 0.15) is 11.9 Å². The van der Waals surface area contributed by atoms with Gasteiger partial charge in [-0.3, -0.25) is 4.98 Å². The van der Waals surface area contributed by atoms with E-state index in [0.717, 1.165) is 29.0 Å². The van der Waals surface area contributed by atoms with Crippen LogP contribution in [-0.2, 0) is 4.74 Å². The predicted molar refractivity (Wildman–Crippen MR) is 136 cm³/mol. The first-order valence-corrected chi connectivity index (χ1v) is 12.1. The summed E-state index contributed by atoms with van der Waals surface area (Å²) in [6.07, 6.45) is 3.37. The molecule has 0 radical (unpaired) electrons. The highest BCUT2D eigenvalue weighted by Gasteiger charge is 2.36. The maximum atomic E-state index is 10.2. The zero-order chi connectivity index (χ0) is 25.4. The molecule has 6 N–H and O–H groups in total. The topological polar surface area (TPSA) is 130 Å². The quantitative estimate of drug-likeness (QED) is 0.214. The van der Waals surface area contributed by atoms with E-state index in [1.54, 1.807) is 11.2 Å². The summed E-state index contributed by atoms with van der Waals surface area (Å²) in [6.45, 7) is 5.64. The molecule has 0 saturated carbocycles. The van der Waals surface area contributed by atoms with Crippen LogP contribution in [0.1, 0.15) is 31.9 Å². The molecule has 1 fully saturated rings. The number of benzene rings is 1. The van der Waals surface area contributed by atoms with Gasteiger partial charge in [-0.25, -0.2) is 5.84 Å². The third-order valence-electron chi connectivity index (χ3n) is 6.21. The van der Waals surface area contributed by atoms with Crippen LogP contribution in [-0.4, -0.2) is 76.4 Å². The molecule has 0 aliphatic carbocycles. The van der Waals surface area contributed by atoms with Crippen LogP contribution >= 0.6 is 0 Å². The van der Waals surface area contributed by atoms with Crippen LogP contribution in [0.5, 0.6) is 5.75 Å². The normalized spacial score (nSPS) is 22.9. The van der Waals surface area contributed by atoms with Gasteiger partial charge in [-0.2, -0.15) is 0 Å². The second-order valence-corrected chi connectivity index (χ2v) is 9.22. The third kappa shape index (κ3) is 8.19. The number of pyridine rings is 1. The second-order valence-electron chi connectivity index (χ2n) is 9.22. The fourth-order valence-electron chi connectivity index (χ4n) is 4.12. The molecule has 3 rings (SSSR count). The number of hydrogen-bond acceptors (Lipinski definition) is 9. The van der Waals surface area contributed by atoms with Crippen molar-refractivity contribution in [2.75, 3.05) is 26.7 Å². The minimum Gasteiger partial charge on any atom is -0.494 e. The summed E-state index contributed by atoms with van der Waals surface area (Å²) in [6, 6.07) is 11.8. The molecule has 0 unspecified atom stereocenters. The fraction of sp³-hybridized carbons (Fsp3) is 0.500. The van der Waals surface area contributed by atoms with Crippen molar-refractivity contribution in [2.45, 2.75) is 57.6 Å². The van der Waals surface area contributed by atoms with E-state index in [-0.39, 0.29) is 12.1 Å². The number of aliphatic hydroxyl groups is 2. The van der Waals surface area contributed by atoms with Crippen LogP contribution in [0.25, 0.3) is 11.1 Å². The number of rotatable bonds is 11. The third-order valence-corrected chi connectivity index (χ3v) is 6.21. The van der Waals surface area contributed by atoms with Crippen LogP contribution in [0.3, 0.4) is 0 Å². The lowest BCUT2D eigenvalue weighted by molar-refractivity contribution is -0.231. The summed E-state index contributed by atoms with van der Waals surface area (Å²) in [5.41, 5.74) is 9.97. The number of ether oxygens (including phenoxy) is 2. The monoisotopic (exact) mass is 485 g/mol. The molecule has 2 heterocycles. The van der Waals surface area contributed by atoms with E-state index in [2.05, 4.69) is 11.1 Å². The van der Waals surface area contributed by atoms with Crippen LogP contribution < -0.4 is 16.3 Å². The summed E-state index contributed by atoms with van der Waals surface area (Å²) in [5, 5.41) is 21.6. The van der Waals surface area contributed by atoms with E-state index in [1.807, 2.05) is 62.3 Å². The number of nitrogens with two attached hydrogens (primary N) is 2. The minimum absolute atomic E-state index is 0.112. The molecule has 1 aromatic carbocycles. The first-order valence-electron chi connectivity index (χ1n) is 12.1. The number of aryl methyl sites for hydroxylation is 1. The molecular weight excluding hydrogens is 446 g/mol. The molecule has 0 bridgehead atoms. The summed E-state index contributed by atoms with van der Waals surface area (Å²) in [4.78, 5) is 6.34. The van der Waals surface area contributed by atoms with Crippen LogP contribution in [0.2, 0.25) is 0 Å². The van der Waals surface area contributed by atoms with Crippen LogP contribution in [0, 0.1) is 6.92 Å². The van der Waals surface area contributed by atoms with E-state index in [9.17, 15) is 10.2 Å². The Kier molecular flexibility index (Phi) is 9.88. The molecule has 1 saturated heterocycles. The summed E-state index contributed by atoms with van der Waals surface area (Å²) in [5.74, 6) is 6.88. The molecule has 4 atom stereocenters. The highest BCUT2D eigenvalue weighted by atomic mass is 16.6. The Balaban J connectivity index is 1.36. The lowest BCUT2D eigenvalue weighted by Gasteiger charge is -2.40. The molecule has 0 amide bonds. The van der Waals surface area contributed by atoms with Gasteiger partial charge < -0.3 is 35.3 Å². The Morgan fingerprint density at radius 3 is 2.57 bits per heavy atom. The number of aromatic nitrogens is 1. The lowest BCUT2D eigenvalue weighted by atomic mass is 9.99. The Labute approximate surface area is 207 Å². The zero-order valence-corrected chi connectivity index (χ0v) is 20.9. The Morgan fingerprint density at radius 2 is 1.89 bits per heavy atom. The molecule has 1 aromatic heterocycles. The Bertz CT molecular complexity index is 938. The van der Waals surface area contributed by atoms with Crippen molar-refractivity contribution >= 4 is 0 Å². The van der Waals surface area contributed by atoms with Crippen molar-refractivity contribution in [3.8, 4) is 16.9 Å². The van der Waals surface area contributed by atoms with Crippen LogP contribution in [0.4, 0.5) is 0 Å². The van der Waals surface area contributed by atoms with Gasteiger partial charge in [0.15, 0.2) is 6.29 Å². The molecule has 9 nitrogen and oxygen atoms in total. The van der Waals surface area contributed by atoms with Crippen molar-refractivity contribution in [1.29, 1.82) is 0 Å². The molecule has 9 heteroatoms. The molecule has 1 aliphatic heterocycles. The molecular formula is C26H39N5O4. The van der Waals surface area contributed by atoms with Gasteiger partial charge in [0.25, 0.3) is 0 Å². The number of hydrogen-bond donors (Lipinski definition) is 4. The molecule has 1 aliphatic rings. The van der Waals surface area contributed by atoms with Crippen molar-refractivity contribution in [1.82, 2.24) is 14.9 Å². The summed E-state index contributed by atoms with van der Waals surface area (Å²) >= 11 is 0. The highest BCUT2D eigenvalue weighted by molar-refractivity contribution is 5.63. The van der Waals surface area contributed by atoms with Gasteiger partial charge in [-0.1, -0.05) is 18.2 Å². The first-order chi connectivity index (χ1) is 16.7. The Morgan fingerprint density at radius 1 is 1.17 bits per heavy atom. The fourth-order valence-corrected chi connectivity index (χ4v) is 4.12. The number of likely N-dealkylation sites (N-methyl/N-ethyl adjacent to an activating group) is 1. The maximum absolute atomic E-state index is 10.2. The van der Waals surface area contributed by atoms with Crippen molar-refractivity contribution in [3.63, 3.8) is 0 Å². The average molecular weight is 486 g/mol.